The second-order valence-corrected chi connectivity index (χ2v) is 7.66. The molecule has 5 nitrogen and oxygen atoms in total. The van der Waals surface area contributed by atoms with Crippen molar-refractivity contribution < 1.29 is 19.1 Å². The van der Waals surface area contributed by atoms with Crippen molar-refractivity contribution in [2.45, 2.75) is 52.0 Å². The van der Waals surface area contributed by atoms with E-state index in [9.17, 15) is 9.59 Å². The van der Waals surface area contributed by atoms with Gasteiger partial charge < -0.3 is 14.8 Å². The Balaban J connectivity index is 2.10. The summed E-state index contributed by atoms with van der Waals surface area (Å²) >= 11 is 0. The number of nitrogens with one attached hydrogen (secondary N) is 1. The van der Waals surface area contributed by atoms with Crippen LogP contribution in [0.4, 0.5) is 0 Å². The van der Waals surface area contributed by atoms with Crippen molar-refractivity contribution in [3.8, 4) is 0 Å². The zero-order valence-electron chi connectivity index (χ0n) is 18.7. The van der Waals surface area contributed by atoms with Crippen LogP contribution in [0.5, 0.6) is 0 Å². The summed E-state index contributed by atoms with van der Waals surface area (Å²) in [6, 6.07) is 20.1. The number of hydrogen-bond acceptors (Lipinski definition) is 5. The van der Waals surface area contributed by atoms with Gasteiger partial charge in [0.1, 0.15) is 0 Å². The Labute approximate surface area is 186 Å². The van der Waals surface area contributed by atoms with Crippen molar-refractivity contribution in [1.82, 2.24) is 5.32 Å². The molecule has 0 spiro atoms. The van der Waals surface area contributed by atoms with Crippen LogP contribution < -0.4 is 5.32 Å². The standard InChI is InChI=1S/C26H35NO4/c1-3-5-17-30-24(28)19-23(26(29)31-18-6-4-2)20-27-25(21-13-9-7-10-14-21)22-15-11-8-12-16-22/h7-16,23,25,27H,3-6,17-20H2,1-2H3. The van der Waals surface area contributed by atoms with Gasteiger partial charge in [-0.05, 0) is 24.0 Å². The first-order valence-corrected chi connectivity index (χ1v) is 11.3. The number of carbonyl (C=O) groups is 2. The lowest BCUT2D eigenvalue weighted by Gasteiger charge is -2.23. The van der Waals surface area contributed by atoms with Gasteiger partial charge in [0.25, 0.3) is 0 Å². The average Bonchev–Trinajstić information content (AvgIpc) is 2.80. The minimum atomic E-state index is -0.596. The van der Waals surface area contributed by atoms with E-state index in [0.717, 1.165) is 36.8 Å². The lowest BCUT2D eigenvalue weighted by atomic mass is 9.97. The van der Waals surface area contributed by atoms with Crippen LogP contribution in [0.3, 0.4) is 0 Å². The highest BCUT2D eigenvalue weighted by atomic mass is 16.5. The smallest absolute Gasteiger partial charge is 0.310 e. The van der Waals surface area contributed by atoms with Gasteiger partial charge in [0.2, 0.25) is 0 Å². The molecule has 31 heavy (non-hydrogen) atoms. The SMILES string of the molecule is CCCCOC(=O)CC(CNC(c1ccccc1)c1ccccc1)C(=O)OCCCC. The van der Waals surface area contributed by atoms with Crippen molar-refractivity contribution in [2.24, 2.45) is 5.92 Å². The van der Waals surface area contributed by atoms with E-state index >= 15 is 0 Å². The molecular weight excluding hydrogens is 390 g/mol. The fourth-order valence-corrected chi connectivity index (χ4v) is 3.24. The van der Waals surface area contributed by atoms with Crippen LogP contribution in [0.2, 0.25) is 0 Å². The highest BCUT2D eigenvalue weighted by molar-refractivity contribution is 5.80. The van der Waals surface area contributed by atoms with Crippen LogP contribution in [0.15, 0.2) is 60.7 Å². The molecule has 0 aliphatic rings. The van der Waals surface area contributed by atoms with Gasteiger partial charge in [-0.2, -0.15) is 0 Å². The Morgan fingerprint density at radius 2 is 1.32 bits per heavy atom. The lowest BCUT2D eigenvalue weighted by Crippen LogP contribution is -2.35. The highest BCUT2D eigenvalue weighted by Gasteiger charge is 2.26. The average molecular weight is 426 g/mol. The van der Waals surface area contributed by atoms with E-state index in [4.69, 9.17) is 9.47 Å². The summed E-state index contributed by atoms with van der Waals surface area (Å²) in [5, 5.41) is 3.49. The molecule has 2 aromatic rings. The maximum Gasteiger partial charge on any atom is 0.310 e. The van der Waals surface area contributed by atoms with Crippen molar-refractivity contribution >= 4 is 11.9 Å². The first-order chi connectivity index (χ1) is 15.2. The van der Waals surface area contributed by atoms with Gasteiger partial charge in [-0.1, -0.05) is 87.4 Å². The second-order valence-electron chi connectivity index (χ2n) is 7.66. The Bertz CT molecular complexity index is 724. The molecule has 0 aliphatic carbocycles. The minimum Gasteiger partial charge on any atom is -0.466 e. The molecule has 1 N–H and O–H groups in total. The Morgan fingerprint density at radius 3 is 1.84 bits per heavy atom. The molecule has 1 atom stereocenters. The normalized spacial score (nSPS) is 11.8. The molecule has 0 aliphatic heterocycles. The fraction of sp³-hybridized carbons (Fsp3) is 0.462. The van der Waals surface area contributed by atoms with Crippen LogP contribution in [0.1, 0.15) is 63.1 Å². The summed E-state index contributed by atoms with van der Waals surface area (Å²) in [6.07, 6.45) is 3.54. The van der Waals surface area contributed by atoms with Crippen molar-refractivity contribution in [2.75, 3.05) is 19.8 Å². The third-order valence-electron chi connectivity index (χ3n) is 5.08. The summed E-state index contributed by atoms with van der Waals surface area (Å²) in [6.45, 7) is 5.16. The Hall–Kier alpha value is -2.66. The van der Waals surface area contributed by atoms with Crippen LogP contribution >= 0.6 is 0 Å². The number of rotatable bonds is 14. The van der Waals surface area contributed by atoms with Crippen LogP contribution in [0, 0.1) is 5.92 Å². The zero-order valence-corrected chi connectivity index (χ0v) is 18.7. The fourth-order valence-electron chi connectivity index (χ4n) is 3.24. The number of benzene rings is 2. The lowest BCUT2D eigenvalue weighted by molar-refractivity contribution is -0.155. The maximum absolute atomic E-state index is 12.7. The zero-order chi connectivity index (χ0) is 22.3. The van der Waals surface area contributed by atoms with Gasteiger partial charge in [0, 0.05) is 6.54 Å². The van der Waals surface area contributed by atoms with Gasteiger partial charge in [0.15, 0.2) is 0 Å². The minimum absolute atomic E-state index is 0.0119. The van der Waals surface area contributed by atoms with Crippen LogP contribution in [-0.4, -0.2) is 31.7 Å². The monoisotopic (exact) mass is 425 g/mol. The molecule has 0 heterocycles. The quantitative estimate of drug-likeness (QED) is 0.339. The third-order valence-corrected chi connectivity index (χ3v) is 5.08. The van der Waals surface area contributed by atoms with Gasteiger partial charge in [-0.25, -0.2) is 0 Å². The summed E-state index contributed by atoms with van der Waals surface area (Å²) in [5.74, 6) is -1.31. The van der Waals surface area contributed by atoms with E-state index in [1.54, 1.807) is 0 Å². The molecule has 0 bridgehead atoms. The highest BCUT2D eigenvalue weighted by Crippen LogP contribution is 2.22. The van der Waals surface area contributed by atoms with E-state index in [2.05, 4.69) is 29.6 Å². The summed E-state index contributed by atoms with van der Waals surface area (Å²) in [4.78, 5) is 25.0. The topological polar surface area (TPSA) is 64.6 Å². The number of hydrogen-bond donors (Lipinski definition) is 1. The molecule has 0 amide bonds. The number of esters is 2. The van der Waals surface area contributed by atoms with Gasteiger partial charge in [-0.3, -0.25) is 9.59 Å². The summed E-state index contributed by atoms with van der Waals surface area (Å²) in [7, 11) is 0. The molecule has 1 unspecified atom stereocenters. The summed E-state index contributed by atoms with van der Waals surface area (Å²) < 4.78 is 10.7. The molecular formula is C26H35NO4. The molecule has 2 rings (SSSR count). The maximum atomic E-state index is 12.7. The predicted octanol–water partition coefficient (Wildman–Crippen LogP) is 5.06. The third kappa shape index (κ3) is 8.93. The molecule has 0 aromatic heterocycles. The molecule has 0 saturated carbocycles. The van der Waals surface area contributed by atoms with Crippen LogP contribution in [0.25, 0.3) is 0 Å². The molecule has 168 valence electrons. The Morgan fingerprint density at radius 1 is 0.806 bits per heavy atom. The largest absolute Gasteiger partial charge is 0.466 e. The molecule has 0 fully saturated rings. The van der Waals surface area contributed by atoms with E-state index in [-0.39, 0.29) is 24.4 Å². The van der Waals surface area contributed by atoms with Gasteiger partial charge in [-0.15, -0.1) is 0 Å². The van der Waals surface area contributed by atoms with E-state index in [1.165, 1.54) is 0 Å². The van der Waals surface area contributed by atoms with Crippen molar-refractivity contribution in [3.05, 3.63) is 71.8 Å². The number of unbranched alkanes of at least 4 members (excludes halogenated alkanes) is 2. The number of ether oxygens (including phenoxy) is 2. The first kappa shape index (κ1) is 24.6. The van der Waals surface area contributed by atoms with E-state index in [1.807, 2.05) is 50.2 Å². The van der Waals surface area contributed by atoms with Crippen molar-refractivity contribution in [3.63, 3.8) is 0 Å². The van der Waals surface area contributed by atoms with E-state index < -0.39 is 5.92 Å². The molecule has 5 heteroatoms. The van der Waals surface area contributed by atoms with Gasteiger partial charge in [0.05, 0.1) is 31.6 Å². The molecule has 2 aromatic carbocycles. The first-order valence-electron chi connectivity index (χ1n) is 11.3. The van der Waals surface area contributed by atoms with Crippen molar-refractivity contribution in [1.29, 1.82) is 0 Å². The summed E-state index contributed by atoms with van der Waals surface area (Å²) in [5.41, 5.74) is 2.19. The second kappa shape index (κ2) is 14.4. The van der Waals surface area contributed by atoms with E-state index in [0.29, 0.717) is 19.8 Å². The predicted molar refractivity (Wildman–Crippen MR) is 123 cm³/mol. The van der Waals surface area contributed by atoms with Crippen LogP contribution in [-0.2, 0) is 19.1 Å². The van der Waals surface area contributed by atoms with Gasteiger partial charge >= 0.3 is 11.9 Å². The molecule has 0 saturated heterocycles. The number of carbonyl (C=O) groups excluding carboxylic acids is 2. The Kier molecular flexibility index (Phi) is 11.4. The molecule has 0 radical (unpaired) electrons.